The average molecular weight is 493 g/mol. The van der Waals surface area contributed by atoms with E-state index in [9.17, 15) is 0 Å². The van der Waals surface area contributed by atoms with Crippen LogP contribution in [0.3, 0.4) is 0 Å². The zero-order chi connectivity index (χ0) is 25.1. The molecule has 0 aliphatic heterocycles. The molecule has 0 saturated carbocycles. The summed E-state index contributed by atoms with van der Waals surface area (Å²) in [6.45, 7) is 4.75. The number of benzene rings is 3. The number of hydrogen-bond donors (Lipinski definition) is 0. The van der Waals surface area contributed by atoms with Gasteiger partial charge >= 0.3 is 0 Å². The molecule has 1 aromatic heterocycles. The Kier molecular flexibility index (Phi) is 7.22. The van der Waals surface area contributed by atoms with Gasteiger partial charge in [0.25, 0.3) is 0 Å². The highest BCUT2D eigenvalue weighted by Gasteiger charge is 2.22. The second kappa shape index (κ2) is 10.3. The van der Waals surface area contributed by atoms with E-state index in [1.807, 2.05) is 41.1 Å². The van der Waals surface area contributed by atoms with Crippen LogP contribution in [0.25, 0.3) is 22.5 Å². The lowest BCUT2D eigenvalue weighted by Gasteiger charge is -2.13. The fraction of sp³-hybridized carbons (Fsp3) is 0.250. The fourth-order valence-electron chi connectivity index (χ4n) is 4.11. The molecular weight excluding hydrogens is 464 g/mol. The predicted molar refractivity (Wildman–Crippen MR) is 139 cm³/mol. The molecule has 0 radical (unpaired) electrons. The van der Waals surface area contributed by atoms with Crippen LogP contribution in [-0.4, -0.2) is 38.2 Å². The molecule has 3 aromatic carbocycles. The first-order valence-electron chi connectivity index (χ1n) is 11.2. The minimum Gasteiger partial charge on any atom is -0.493 e. The van der Waals surface area contributed by atoms with Crippen LogP contribution in [0.1, 0.15) is 16.7 Å². The lowest BCUT2D eigenvalue weighted by Crippen LogP contribution is -2.06. The maximum Gasteiger partial charge on any atom is 0.161 e. The van der Waals surface area contributed by atoms with Crippen molar-refractivity contribution in [3.8, 4) is 45.5 Å². The zero-order valence-electron chi connectivity index (χ0n) is 20.8. The smallest absolute Gasteiger partial charge is 0.161 e. The molecular formula is C28H29ClN2O4. The lowest BCUT2D eigenvalue weighted by molar-refractivity contribution is 0.355. The van der Waals surface area contributed by atoms with Gasteiger partial charge in [0.2, 0.25) is 0 Å². The van der Waals surface area contributed by atoms with Gasteiger partial charge in [-0.25, -0.2) is 0 Å². The Balaban J connectivity index is 1.92. The summed E-state index contributed by atoms with van der Waals surface area (Å²) in [7, 11) is 6.45. The van der Waals surface area contributed by atoms with Crippen LogP contribution in [0.5, 0.6) is 23.0 Å². The number of halogens is 1. The van der Waals surface area contributed by atoms with Gasteiger partial charge in [0, 0.05) is 11.1 Å². The molecule has 0 N–H and O–H groups in total. The normalized spacial score (nSPS) is 10.8. The standard InChI is InChI=1S/C28H29ClN2O4/c1-17-7-8-18(2)21(13-17)16-31-28(20-10-12-23(33-4)25(15-20)35-6)26(29)27(30-31)19-9-11-22(32-3)24(14-19)34-5/h7-15H,16H2,1-6H3. The summed E-state index contributed by atoms with van der Waals surface area (Å²) in [6.07, 6.45) is 0. The van der Waals surface area contributed by atoms with Crippen molar-refractivity contribution in [2.24, 2.45) is 0 Å². The summed E-state index contributed by atoms with van der Waals surface area (Å²) in [6, 6.07) is 17.8. The molecule has 0 amide bonds. The minimum atomic E-state index is 0.537. The number of methoxy groups -OCH3 is 4. The van der Waals surface area contributed by atoms with Crippen molar-refractivity contribution in [3.05, 3.63) is 76.3 Å². The summed E-state index contributed by atoms with van der Waals surface area (Å²) >= 11 is 7.05. The van der Waals surface area contributed by atoms with Crippen LogP contribution in [-0.2, 0) is 6.54 Å². The molecule has 0 spiro atoms. The molecule has 0 saturated heterocycles. The Hall–Kier alpha value is -3.64. The molecule has 0 unspecified atom stereocenters. The summed E-state index contributed by atoms with van der Waals surface area (Å²) in [5.41, 5.74) is 6.70. The second-order valence-corrected chi connectivity index (χ2v) is 8.62. The van der Waals surface area contributed by atoms with Crippen molar-refractivity contribution in [1.29, 1.82) is 0 Å². The van der Waals surface area contributed by atoms with Gasteiger partial charge in [-0.15, -0.1) is 0 Å². The van der Waals surface area contributed by atoms with Gasteiger partial charge in [0.1, 0.15) is 5.69 Å². The average Bonchev–Trinajstić information content (AvgIpc) is 3.20. The third kappa shape index (κ3) is 4.80. The van der Waals surface area contributed by atoms with Gasteiger partial charge in [0.15, 0.2) is 23.0 Å². The Morgan fingerprint density at radius 3 is 1.89 bits per heavy atom. The van der Waals surface area contributed by atoms with Crippen molar-refractivity contribution in [3.63, 3.8) is 0 Å². The number of hydrogen-bond acceptors (Lipinski definition) is 5. The predicted octanol–water partition coefficient (Wildman–Crippen LogP) is 6.57. The zero-order valence-corrected chi connectivity index (χ0v) is 21.6. The van der Waals surface area contributed by atoms with Crippen LogP contribution in [0, 0.1) is 13.8 Å². The first-order valence-corrected chi connectivity index (χ1v) is 11.5. The van der Waals surface area contributed by atoms with Crippen LogP contribution in [0.4, 0.5) is 0 Å². The van der Waals surface area contributed by atoms with Crippen molar-refractivity contribution < 1.29 is 18.9 Å². The van der Waals surface area contributed by atoms with Gasteiger partial charge in [-0.05, 0) is 61.4 Å². The fourth-order valence-corrected chi connectivity index (χ4v) is 4.47. The van der Waals surface area contributed by atoms with E-state index in [0.717, 1.165) is 16.8 Å². The Morgan fingerprint density at radius 2 is 1.29 bits per heavy atom. The quantitative estimate of drug-likeness (QED) is 0.278. The van der Waals surface area contributed by atoms with Crippen LogP contribution in [0.15, 0.2) is 54.6 Å². The van der Waals surface area contributed by atoms with E-state index in [-0.39, 0.29) is 0 Å². The summed E-state index contributed by atoms with van der Waals surface area (Å²) < 4.78 is 23.8. The van der Waals surface area contributed by atoms with Crippen molar-refractivity contribution >= 4 is 11.6 Å². The Bertz CT molecular complexity index is 1360. The third-order valence-electron chi connectivity index (χ3n) is 6.03. The number of aromatic nitrogens is 2. The number of ether oxygens (including phenoxy) is 4. The van der Waals surface area contributed by atoms with Crippen LogP contribution < -0.4 is 18.9 Å². The van der Waals surface area contributed by atoms with Gasteiger partial charge in [-0.2, -0.15) is 5.10 Å². The maximum absolute atomic E-state index is 7.05. The van der Waals surface area contributed by atoms with E-state index in [1.165, 1.54) is 16.7 Å². The van der Waals surface area contributed by atoms with Crippen molar-refractivity contribution in [2.45, 2.75) is 20.4 Å². The molecule has 0 fully saturated rings. The first kappa shape index (κ1) is 24.5. The van der Waals surface area contributed by atoms with Crippen molar-refractivity contribution in [1.82, 2.24) is 9.78 Å². The van der Waals surface area contributed by atoms with Gasteiger partial charge in [-0.3, -0.25) is 4.68 Å². The number of nitrogens with zero attached hydrogens (tertiary/aromatic N) is 2. The van der Waals surface area contributed by atoms with Crippen LogP contribution in [0.2, 0.25) is 5.02 Å². The molecule has 4 aromatic rings. The SMILES string of the molecule is COc1ccc(-c2nn(Cc3cc(C)ccc3C)c(-c3ccc(OC)c(OC)c3)c2Cl)cc1OC. The molecule has 0 aliphatic carbocycles. The van der Waals surface area contributed by atoms with Crippen molar-refractivity contribution in [2.75, 3.05) is 28.4 Å². The summed E-state index contributed by atoms with van der Waals surface area (Å²) in [5.74, 6) is 2.52. The molecule has 35 heavy (non-hydrogen) atoms. The van der Waals surface area contributed by atoms with E-state index in [0.29, 0.717) is 40.3 Å². The van der Waals surface area contributed by atoms with E-state index < -0.39 is 0 Å². The molecule has 7 heteroatoms. The topological polar surface area (TPSA) is 54.7 Å². The third-order valence-corrected chi connectivity index (χ3v) is 6.39. The van der Waals surface area contributed by atoms with E-state index >= 15 is 0 Å². The molecule has 0 bridgehead atoms. The second-order valence-electron chi connectivity index (χ2n) is 8.24. The molecule has 0 aliphatic rings. The Labute approximate surface area is 211 Å². The maximum atomic E-state index is 7.05. The highest BCUT2D eigenvalue weighted by molar-refractivity contribution is 6.35. The monoisotopic (exact) mass is 492 g/mol. The van der Waals surface area contributed by atoms with Gasteiger partial charge < -0.3 is 18.9 Å². The molecule has 6 nitrogen and oxygen atoms in total. The highest BCUT2D eigenvalue weighted by atomic mass is 35.5. The van der Waals surface area contributed by atoms with Gasteiger partial charge in [-0.1, -0.05) is 35.4 Å². The molecule has 0 atom stereocenters. The molecule has 182 valence electrons. The van der Waals surface area contributed by atoms with E-state index in [4.69, 9.17) is 35.6 Å². The summed E-state index contributed by atoms with van der Waals surface area (Å²) in [5, 5.41) is 5.50. The highest BCUT2D eigenvalue weighted by Crippen LogP contribution is 2.41. The first-order chi connectivity index (χ1) is 16.9. The Morgan fingerprint density at radius 1 is 0.714 bits per heavy atom. The van der Waals surface area contributed by atoms with E-state index in [1.54, 1.807) is 28.4 Å². The van der Waals surface area contributed by atoms with Crippen LogP contribution >= 0.6 is 11.6 Å². The molecule has 4 rings (SSSR count). The number of rotatable bonds is 8. The van der Waals surface area contributed by atoms with Gasteiger partial charge in [0.05, 0.1) is 45.7 Å². The summed E-state index contributed by atoms with van der Waals surface area (Å²) in [4.78, 5) is 0. The number of aryl methyl sites for hydroxylation is 2. The largest absolute Gasteiger partial charge is 0.493 e. The lowest BCUT2D eigenvalue weighted by atomic mass is 10.0. The van der Waals surface area contributed by atoms with E-state index in [2.05, 4.69) is 32.0 Å². The minimum absolute atomic E-state index is 0.537. The molecule has 1 heterocycles.